The van der Waals surface area contributed by atoms with E-state index in [9.17, 15) is 36.4 Å². The molecule has 3 aliphatic carbocycles. The standard InChI is InChI=1S/C41H56F2N6O9S/c1-8-24-29-21-49(30(24)33(50)47-41(20-25(41)32(42)43)36(52)48-59(54,55)39(5)16-17-39)35(51)31(38(2,3)4)46-37(53)58-40(6)19-22(40)12-10-9-11-13-27-34(57-29)45-28-18-23(56-7)14-15-26(28)44-27/h14-15,18,22,24-25,29-32H,8-13,16-17,19-21H2,1-7H3,(H,46,53)(H,47,50)(H,48,52)/t22-,24+,25-,29-,30-,31+,40-,41+/m0/s1. The number of nitrogens with one attached hydrogen (secondary N) is 3. The van der Waals surface area contributed by atoms with Gasteiger partial charge in [-0.15, -0.1) is 0 Å². The average molecular weight is 847 g/mol. The van der Waals surface area contributed by atoms with Crippen molar-refractivity contribution in [1.82, 2.24) is 30.2 Å². The molecule has 2 bridgehead atoms. The Balaban J connectivity index is 1.28. The first-order chi connectivity index (χ1) is 27.6. The minimum Gasteiger partial charge on any atom is -0.497 e. The van der Waals surface area contributed by atoms with Crippen LogP contribution in [0.15, 0.2) is 18.2 Å². The van der Waals surface area contributed by atoms with Gasteiger partial charge in [-0.3, -0.25) is 19.1 Å². The van der Waals surface area contributed by atoms with Gasteiger partial charge in [0.2, 0.25) is 34.1 Å². The molecule has 3 heterocycles. The number of aryl methyl sites for hydroxylation is 1. The molecule has 18 heteroatoms. The van der Waals surface area contributed by atoms with E-state index in [1.165, 1.54) is 18.9 Å². The van der Waals surface area contributed by atoms with Gasteiger partial charge in [0.25, 0.3) is 5.91 Å². The molecule has 5 aliphatic rings. The van der Waals surface area contributed by atoms with Gasteiger partial charge < -0.3 is 29.7 Å². The largest absolute Gasteiger partial charge is 0.497 e. The number of carbonyl (C=O) groups is 4. The Morgan fingerprint density at radius 1 is 1.08 bits per heavy atom. The van der Waals surface area contributed by atoms with E-state index in [0.717, 1.165) is 25.7 Å². The molecule has 4 amide bonds. The number of alkyl carbamates (subject to hydrolysis) is 1. The van der Waals surface area contributed by atoms with Gasteiger partial charge in [-0.1, -0.05) is 40.5 Å². The lowest BCUT2D eigenvalue weighted by atomic mass is 9.85. The molecule has 7 rings (SSSR count). The monoisotopic (exact) mass is 846 g/mol. The molecule has 0 radical (unpaired) electrons. The van der Waals surface area contributed by atoms with Crippen molar-refractivity contribution in [1.29, 1.82) is 0 Å². The van der Waals surface area contributed by atoms with Crippen LogP contribution in [-0.4, -0.2) is 101 Å². The number of amides is 4. The zero-order valence-electron chi connectivity index (χ0n) is 34.7. The topological polar surface area (TPSA) is 195 Å². The number of aromatic nitrogens is 2. The van der Waals surface area contributed by atoms with Crippen molar-refractivity contribution in [3.05, 3.63) is 23.9 Å². The van der Waals surface area contributed by atoms with Gasteiger partial charge in [0.1, 0.15) is 40.8 Å². The van der Waals surface area contributed by atoms with E-state index in [-0.39, 0.29) is 24.8 Å². The number of rotatable bonds is 8. The lowest BCUT2D eigenvalue weighted by Gasteiger charge is -2.36. The van der Waals surface area contributed by atoms with E-state index < -0.39 is 98.0 Å². The van der Waals surface area contributed by atoms with E-state index in [2.05, 4.69) is 10.6 Å². The van der Waals surface area contributed by atoms with Gasteiger partial charge in [0.15, 0.2) is 0 Å². The fourth-order valence-corrected chi connectivity index (χ4v) is 10.1. The second-order valence-electron chi connectivity index (χ2n) is 18.6. The molecule has 1 aromatic heterocycles. The Hall–Kier alpha value is -4.35. The van der Waals surface area contributed by atoms with Crippen LogP contribution in [0, 0.1) is 23.2 Å². The average Bonchev–Trinajstić information content (AvgIpc) is 4.12. The van der Waals surface area contributed by atoms with Crippen LogP contribution in [-0.2, 0) is 35.6 Å². The molecule has 3 N–H and O–H groups in total. The number of methoxy groups -OCH3 is 1. The number of ether oxygens (including phenoxy) is 3. The second kappa shape index (κ2) is 15.3. The third-order valence-corrected chi connectivity index (χ3v) is 15.4. The van der Waals surface area contributed by atoms with Crippen LogP contribution in [0.1, 0.15) is 105 Å². The first-order valence-electron chi connectivity index (χ1n) is 20.6. The molecule has 2 aliphatic heterocycles. The lowest BCUT2D eigenvalue weighted by molar-refractivity contribution is -0.144. The minimum atomic E-state index is -4.25. The summed E-state index contributed by atoms with van der Waals surface area (Å²) in [5.41, 5.74) is -2.16. The van der Waals surface area contributed by atoms with E-state index in [1.807, 2.05) is 11.6 Å². The molecular formula is C41H56F2N6O9S. The Kier molecular flexibility index (Phi) is 11.1. The van der Waals surface area contributed by atoms with Crippen LogP contribution in [0.5, 0.6) is 11.6 Å². The number of sulfonamides is 1. The molecule has 3 saturated carbocycles. The van der Waals surface area contributed by atoms with Crippen molar-refractivity contribution in [2.45, 2.75) is 146 Å². The Bertz CT molecular complexity index is 2130. The highest BCUT2D eigenvalue weighted by molar-refractivity contribution is 7.91. The van der Waals surface area contributed by atoms with Gasteiger partial charge in [-0.05, 0) is 82.8 Å². The highest BCUT2D eigenvalue weighted by Crippen LogP contribution is 2.51. The highest BCUT2D eigenvalue weighted by Gasteiger charge is 2.68. The SMILES string of the molecule is CC[C@@H]1[C@@H]2CN(C(=O)[C@H](C(C)(C)C)NC(=O)O[C@@]3(C)C[C@@H]3CCCCCc3nc4ccc(OC)cc4nc3O2)[C@@H]1C(=O)N[C@]1(C(=O)NS(=O)(=O)C2(C)CC2)C[C@H]1C(F)F. The van der Waals surface area contributed by atoms with E-state index in [0.29, 0.717) is 48.2 Å². The van der Waals surface area contributed by atoms with Crippen LogP contribution in [0.25, 0.3) is 11.0 Å². The third-order valence-electron chi connectivity index (χ3n) is 13.2. The number of hydrogen-bond donors (Lipinski definition) is 3. The first kappa shape index (κ1) is 42.8. The van der Waals surface area contributed by atoms with Crippen LogP contribution >= 0.6 is 0 Å². The Labute approximate surface area is 343 Å². The maximum Gasteiger partial charge on any atom is 0.408 e. The van der Waals surface area contributed by atoms with Crippen LogP contribution < -0.4 is 24.8 Å². The number of fused-ring (bicyclic) bond motifs is 5. The number of hydrogen-bond acceptors (Lipinski definition) is 11. The van der Waals surface area contributed by atoms with Crippen LogP contribution in [0.3, 0.4) is 0 Å². The summed E-state index contributed by atoms with van der Waals surface area (Å²) in [6.07, 6.45) is 0.142. The lowest BCUT2D eigenvalue weighted by Crippen LogP contribution is -2.61. The molecule has 15 nitrogen and oxygen atoms in total. The van der Waals surface area contributed by atoms with Gasteiger partial charge in [0, 0.05) is 17.9 Å². The molecule has 59 heavy (non-hydrogen) atoms. The van der Waals surface area contributed by atoms with E-state index >= 15 is 0 Å². The molecule has 8 atom stereocenters. The third kappa shape index (κ3) is 8.26. The maximum atomic E-state index is 14.9. The predicted octanol–water partition coefficient (Wildman–Crippen LogP) is 4.80. The highest BCUT2D eigenvalue weighted by atomic mass is 32.2. The number of alkyl halides is 2. The quantitative estimate of drug-likeness (QED) is 0.331. The molecule has 0 unspecified atom stereocenters. The second-order valence-corrected chi connectivity index (χ2v) is 20.8. The summed E-state index contributed by atoms with van der Waals surface area (Å²) in [5, 5.41) is 5.29. The van der Waals surface area contributed by atoms with Gasteiger partial charge in [-0.25, -0.2) is 32.0 Å². The van der Waals surface area contributed by atoms with Crippen LogP contribution in [0.2, 0.25) is 0 Å². The normalized spacial score (nSPS) is 32.0. The van der Waals surface area contributed by atoms with Crippen molar-refractivity contribution < 1.29 is 50.6 Å². The van der Waals surface area contributed by atoms with Crippen molar-refractivity contribution >= 4 is 44.9 Å². The summed E-state index contributed by atoms with van der Waals surface area (Å²) in [7, 11) is -2.71. The summed E-state index contributed by atoms with van der Waals surface area (Å²) in [5.74, 6) is -4.39. The van der Waals surface area contributed by atoms with E-state index in [4.69, 9.17) is 24.2 Å². The van der Waals surface area contributed by atoms with Crippen molar-refractivity contribution in [2.24, 2.45) is 23.2 Å². The summed E-state index contributed by atoms with van der Waals surface area (Å²) in [4.78, 5) is 67.9. The predicted molar refractivity (Wildman–Crippen MR) is 211 cm³/mol. The van der Waals surface area contributed by atoms with E-state index in [1.54, 1.807) is 45.9 Å². The molecule has 0 spiro atoms. The van der Waals surface area contributed by atoms with Gasteiger partial charge in [0.05, 0.1) is 35.4 Å². The zero-order chi connectivity index (χ0) is 42.9. The molecule has 4 fully saturated rings. The summed E-state index contributed by atoms with van der Waals surface area (Å²) in [6, 6.07) is 2.70. The molecular weight excluding hydrogens is 791 g/mol. The molecule has 2 aromatic rings. The van der Waals surface area contributed by atoms with Gasteiger partial charge in [-0.2, -0.15) is 0 Å². The fourth-order valence-electron chi connectivity index (χ4n) is 8.76. The Morgan fingerprint density at radius 2 is 1.81 bits per heavy atom. The molecule has 1 aromatic carbocycles. The summed E-state index contributed by atoms with van der Waals surface area (Å²) >= 11 is 0. The zero-order valence-corrected chi connectivity index (χ0v) is 35.5. The van der Waals surface area contributed by atoms with Crippen molar-refractivity contribution in [2.75, 3.05) is 13.7 Å². The van der Waals surface area contributed by atoms with Crippen LogP contribution in [0.4, 0.5) is 13.6 Å². The maximum absolute atomic E-state index is 14.9. The van der Waals surface area contributed by atoms with Gasteiger partial charge >= 0.3 is 6.09 Å². The molecule has 1 saturated heterocycles. The number of benzene rings is 1. The Morgan fingerprint density at radius 3 is 2.44 bits per heavy atom. The smallest absolute Gasteiger partial charge is 0.408 e. The van der Waals surface area contributed by atoms with Crippen molar-refractivity contribution in [3.8, 4) is 11.6 Å². The summed E-state index contributed by atoms with van der Waals surface area (Å²) in [6.45, 7) is 10.2. The number of halogens is 2. The molecule has 324 valence electrons. The minimum absolute atomic E-state index is 0.147. The number of nitrogens with zero attached hydrogens (tertiary/aromatic N) is 3. The fraction of sp³-hybridized carbons (Fsp3) is 0.707. The number of carbonyl (C=O) groups excluding carboxylic acids is 4. The first-order valence-corrected chi connectivity index (χ1v) is 22.1. The van der Waals surface area contributed by atoms with Crippen molar-refractivity contribution in [3.63, 3.8) is 0 Å². The summed E-state index contributed by atoms with van der Waals surface area (Å²) < 4.78 is 73.8.